The number of nitrogens with one attached hydrogen (secondary N) is 1. The summed E-state index contributed by atoms with van der Waals surface area (Å²) >= 11 is 0. The Kier molecular flexibility index (Phi) is 6.46. The number of amides is 2. The lowest BCUT2D eigenvalue weighted by Gasteiger charge is -2.35. The molecule has 1 atom stereocenters. The van der Waals surface area contributed by atoms with Crippen molar-refractivity contribution in [2.45, 2.75) is 32.4 Å². The van der Waals surface area contributed by atoms with Gasteiger partial charge in [0.15, 0.2) is 0 Å². The lowest BCUT2D eigenvalue weighted by molar-refractivity contribution is -0.138. The molecule has 0 saturated carbocycles. The van der Waals surface area contributed by atoms with Crippen molar-refractivity contribution in [1.29, 1.82) is 0 Å². The van der Waals surface area contributed by atoms with Crippen LogP contribution in [-0.2, 0) is 29.6 Å². The van der Waals surface area contributed by atoms with Crippen molar-refractivity contribution in [3.8, 4) is 0 Å². The van der Waals surface area contributed by atoms with Crippen LogP contribution >= 0.6 is 0 Å². The molecule has 3 rings (SSSR count). The van der Waals surface area contributed by atoms with Crippen molar-refractivity contribution in [3.05, 3.63) is 53.3 Å². The molecule has 2 aromatic rings. The molecule has 7 heteroatoms. The molecule has 28 heavy (non-hydrogen) atoms. The summed E-state index contributed by atoms with van der Waals surface area (Å²) in [5, 5.41) is 7.05. The topological polar surface area (TPSA) is 70.5 Å². The van der Waals surface area contributed by atoms with E-state index in [1.165, 1.54) is 5.56 Å². The van der Waals surface area contributed by atoms with Gasteiger partial charge in [-0.3, -0.25) is 19.2 Å². The average Bonchev–Trinajstić information content (AvgIpc) is 3.09. The number of rotatable bonds is 7. The summed E-state index contributed by atoms with van der Waals surface area (Å²) in [5.41, 5.74) is 3.46. The minimum absolute atomic E-state index is 0.0140. The van der Waals surface area contributed by atoms with Crippen molar-refractivity contribution < 1.29 is 9.59 Å². The number of likely N-dealkylation sites (N-methyl/N-ethyl adjacent to an activating group) is 1. The molecule has 0 bridgehead atoms. The van der Waals surface area contributed by atoms with Crippen LogP contribution in [0.2, 0.25) is 0 Å². The Balaban J connectivity index is 1.58. The van der Waals surface area contributed by atoms with E-state index in [4.69, 9.17) is 0 Å². The van der Waals surface area contributed by atoms with Gasteiger partial charge in [-0.05, 0) is 24.5 Å². The molecule has 1 saturated heterocycles. The summed E-state index contributed by atoms with van der Waals surface area (Å²) in [6.45, 7) is 4.70. The van der Waals surface area contributed by atoms with Gasteiger partial charge >= 0.3 is 0 Å². The average molecular weight is 383 g/mol. The van der Waals surface area contributed by atoms with Gasteiger partial charge in [0.05, 0.1) is 18.7 Å². The zero-order chi connectivity index (χ0) is 20.1. The summed E-state index contributed by atoms with van der Waals surface area (Å²) in [5.74, 6) is -0.0767. The van der Waals surface area contributed by atoms with Gasteiger partial charge in [-0.25, -0.2) is 0 Å². The first kappa shape index (κ1) is 20.1. The van der Waals surface area contributed by atoms with Crippen LogP contribution in [0, 0.1) is 6.92 Å². The van der Waals surface area contributed by atoms with Crippen LogP contribution in [0.1, 0.15) is 23.1 Å². The highest BCUT2D eigenvalue weighted by atomic mass is 16.2. The van der Waals surface area contributed by atoms with Crippen molar-refractivity contribution in [3.63, 3.8) is 0 Å². The fraction of sp³-hybridized carbons (Fsp3) is 0.476. The van der Waals surface area contributed by atoms with Crippen molar-refractivity contribution >= 4 is 11.8 Å². The highest BCUT2D eigenvalue weighted by Gasteiger charge is 2.32. The summed E-state index contributed by atoms with van der Waals surface area (Å²) in [6.07, 6.45) is 4.72. The number of hydrogen-bond donors (Lipinski definition) is 1. The Labute approximate surface area is 166 Å². The van der Waals surface area contributed by atoms with Gasteiger partial charge in [0, 0.05) is 46.5 Å². The Hall–Kier alpha value is -2.67. The van der Waals surface area contributed by atoms with E-state index in [1.54, 1.807) is 16.6 Å². The molecule has 1 aromatic carbocycles. The largest absolute Gasteiger partial charge is 0.353 e. The predicted octanol–water partition coefficient (Wildman–Crippen LogP) is 1.12. The number of carbonyl (C=O) groups excluding carboxylic acids is 2. The smallest absolute Gasteiger partial charge is 0.237 e. The lowest BCUT2D eigenvalue weighted by Crippen LogP contribution is -2.56. The number of aryl methyl sites for hydroxylation is 2. The predicted molar refractivity (Wildman–Crippen MR) is 108 cm³/mol. The van der Waals surface area contributed by atoms with E-state index < -0.39 is 6.04 Å². The van der Waals surface area contributed by atoms with Crippen LogP contribution in [-0.4, -0.2) is 64.1 Å². The first-order valence-corrected chi connectivity index (χ1v) is 9.71. The minimum atomic E-state index is -0.427. The zero-order valence-corrected chi connectivity index (χ0v) is 16.9. The molecular weight excluding hydrogens is 354 g/mol. The maximum atomic E-state index is 12.7. The van der Waals surface area contributed by atoms with Crippen molar-refractivity contribution in [2.75, 3.05) is 26.7 Å². The van der Waals surface area contributed by atoms with Gasteiger partial charge in [-0.15, -0.1) is 0 Å². The van der Waals surface area contributed by atoms with Gasteiger partial charge < -0.3 is 10.2 Å². The number of nitrogens with zero attached hydrogens (tertiary/aromatic N) is 4. The third kappa shape index (κ3) is 5.19. The van der Waals surface area contributed by atoms with Gasteiger partial charge in [0.25, 0.3) is 0 Å². The molecule has 7 nitrogen and oxygen atoms in total. The van der Waals surface area contributed by atoms with Crippen LogP contribution in [0.15, 0.2) is 36.7 Å². The van der Waals surface area contributed by atoms with Crippen LogP contribution < -0.4 is 5.32 Å². The fourth-order valence-electron chi connectivity index (χ4n) is 3.44. The number of piperazine rings is 1. The molecule has 0 unspecified atom stereocenters. The molecule has 1 N–H and O–H groups in total. The highest BCUT2D eigenvalue weighted by molar-refractivity contribution is 5.88. The SMILES string of the molecule is Cc1ccc(CN2CCNC(=O)[C@H]2CC(=O)N(C)CCc2cnn(C)c2)cc1. The maximum absolute atomic E-state index is 12.7. The van der Waals surface area contributed by atoms with Gasteiger partial charge in [0.2, 0.25) is 11.8 Å². The Morgan fingerprint density at radius 3 is 2.71 bits per heavy atom. The molecule has 1 aliphatic rings. The molecule has 2 amide bonds. The van der Waals surface area contributed by atoms with E-state index in [0.29, 0.717) is 19.6 Å². The monoisotopic (exact) mass is 383 g/mol. The molecule has 1 fully saturated rings. The first-order chi connectivity index (χ1) is 13.4. The van der Waals surface area contributed by atoms with E-state index in [9.17, 15) is 9.59 Å². The second-order valence-corrected chi connectivity index (χ2v) is 7.55. The second kappa shape index (κ2) is 9.01. The van der Waals surface area contributed by atoms with Crippen LogP contribution in [0.4, 0.5) is 0 Å². The number of carbonyl (C=O) groups is 2. The Morgan fingerprint density at radius 2 is 2.04 bits per heavy atom. The van der Waals surface area contributed by atoms with Gasteiger partial charge in [-0.1, -0.05) is 29.8 Å². The zero-order valence-electron chi connectivity index (χ0n) is 16.9. The van der Waals surface area contributed by atoms with Crippen molar-refractivity contribution in [1.82, 2.24) is 24.9 Å². The van der Waals surface area contributed by atoms with Crippen LogP contribution in [0.3, 0.4) is 0 Å². The van der Waals surface area contributed by atoms with Crippen LogP contribution in [0.5, 0.6) is 0 Å². The van der Waals surface area contributed by atoms with Crippen LogP contribution in [0.25, 0.3) is 0 Å². The number of benzene rings is 1. The summed E-state index contributed by atoms with van der Waals surface area (Å²) in [6, 6.07) is 7.89. The molecule has 1 aromatic heterocycles. The standard InChI is InChI=1S/C21H29N5O2/c1-16-4-6-17(7-5-16)15-26-11-9-22-21(28)19(26)12-20(27)24(2)10-8-18-13-23-25(3)14-18/h4-7,13-14,19H,8-12,15H2,1-3H3,(H,22,28)/t19-/m1/s1. The fourth-order valence-corrected chi connectivity index (χ4v) is 3.44. The van der Waals surface area contributed by atoms with Gasteiger partial charge in [-0.2, -0.15) is 5.10 Å². The highest BCUT2D eigenvalue weighted by Crippen LogP contribution is 2.15. The van der Waals surface area contributed by atoms with E-state index in [2.05, 4.69) is 46.5 Å². The molecule has 0 aliphatic carbocycles. The van der Waals surface area contributed by atoms with E-state index in [1.807, 2.05) is 19.4 Å². The first-order valence-electron chi connectivity index (χ1n) is 9.71. The molecule has 150 valence electrons. The van der Waals surface area contributed by atoms with Gasteiger partial charge in [0.1, 0.15) is 0 Å². The van der Waals surface area contributed by atoms with E-state index >= 15 is 0 Å². The minimum Gasteiger partial charge on any atom is -0.353 e. The number of aromatic nitrogens is 2. The maximum Gasteiger partial charge on any atom is 0.237 e. The summed E-state index contributed by atoms with van der Waals surface area (Å²) < 4.78 is 1.76. The lowest BCUT2D eigenvalue weighted by atomic mass is 10.1. The van der Waals surface area contributed by atoms with E-state index in [0.717, 1.165) is 24.1 Å². The molecular formula is C21H29N5O2. The molecule has 1 aliphatic heterocycles. The third-order valence-electron chi connectivity index (χ3n) is 5.24. The summed E-state index contributed by atoms with van der Waals surface area (Å²) in [7, 11) is 3.67. The normalized spacial score (nSPS) is 17.4. The molecule has 2 heterocycles. The quantitative estimate of drug-likeness (QED) is 0.778. The Morgan fingerprint density at radius 1 is 1.29 bits per heavy atom. The molecule has 0 spiro atoms. The summed E-state index contributed by atoms with van der Waals surface area (Å²) in [4.78, 5) is 29.0. The Bertz CT molecular complexity index is 814. The third-order valence-corrected chi connectivity index (χ3v) is 5.24. The molecule has 0 radical (unpaired) electrons. The second-order valence-electron chi connectivity index (χ2n) is 7.55. The van der Waals surface area contributed by atoms with E-state index in [-0.39, 0.29) is 18.2 Å². The van der Waals surface area contributed by atoms with Crippen molar-refractivity contribution in [2.24, 2.45) is 7.05 Å². The number of hydrogen-bond acceptors (Lipinski definition) is 4.